The molecule has 3 unspecified atom stereocenters. The molecule has 3 aromatic heterocycles. The predicted molar refractivity (Wildman–Crippen MR) is 260 cm³/mol. The molecule has 3 aromatic carbocycles. The molecule has 12 heteroatoms. The van der Waals surface area contributed by atoms with Crippen LogP contribution in [0.15, 0.2) is 110 Å². The molecule has 0 saturated carbocycles. The predicted octanol–water partition coefficient (Wildman–Crippen LogP) is 8.80. The molecule has 0 aliphatic carbocycles. The Labute approximate surface area is 402 Å². The van der Waals surface area contributed by atoms with Crippen LogP contribution in [0, 0.1) is 35.5 Å². The number of carbonyl (C=O) groups excluding carboxylic acids is 3. The molecule has 12 nitrogen and oxygen atoms in total. The summed E-state index contributed by atoms with van der Waals surface area (Å²) >= 11 is 0. The quantitative estimate of drug-likeness (QED) is 0.124. The van der Waals surface area contributed by atoms with Gasteiger partial charge in [-0.05, 0) is 130 Å². The molecule has 354 valence electrons. The van der Waals surface area contributed by atoms with Gasteiger partial charge in [-0.25, -0.2) is 0 Å². The molecule has 18 heterocycles. The first-order valence-electron chi connectivity index (χ1n) is 25.7. The van der Waals surface area contributed by atoms with Crippen molar-refractivity contribution in [1.29, 1.82) is 0 Å². The van der Waals surface area contributed by atoms with Gasteiger partial charge in [0.05, 0.1) is 34.7 Å². The van der Waals surface area contributed by atoms with Gasteiger partial charge >= 0.3 is 17.9 Å². The van der Waals surface area contributed by atoms with E-state index in [1.807, 2.05) is 91.4 Å². The number of hydrogen-bond acceptors (Lipinski definition) is 12. The van der Waals surface area contributed by atoms with Crippen LogP contribution in [0.5, 0.6) is 0 Å². The molecule has 69 heavy (non-hydrogen) atoms. The van der Waals surface area contributed by atoms with Gasteiger partial charge in [0.1, 0.15) is 18.3 Å². The minimum absolute atomic E-state index is 0.0349. The fourth-order valence-corrected chi connectivity index (χ4v) is 14.5. The standard InChI is InChI=1S/C57H60N6O6/c64-52-28-37-32-62-23-17-35(37)26-50(62)56(44-14-20-59-47-11-5-2-8-41(44)47)69-54(66)30-39-33-63-24-18-36(39)27-51(63)57(45-15-21-60-48-12-6-3-9-42(45)48)68-53(65)29-38-31-61-22-16-34(38)25-49(61)55(67-52)43-13-19-58-46-10-4-1-7-40(43)46/h1-15,19-21,34-39,49-51,55-57H,16-18,22-33H2/t34-,35-,36-,37-,38-,39+,49-,50-,51-,55+,56+,57+/m0/s1. The highest BCUT2D eigenvalue weighted by atomic mass is 16.6. The molecule has 15 fully saturated rings. The summed E-state index contributed by atoms with van der Waals surface area (Å²) < 4.78 is 20.5. The lowest BCUT2D eigenvalue weighted by Crippen LogP contribution is -2.57. The fourth-order valence-electron chi connectivity index (χ4n) is 14.5. The first-order valence-corrected chi connectivity index (χ1v) is 25.7. The van der Waals surface area contributed by atoms with Gasteiger partial charge in [0.2, 0.25) is 0 Å². The number of pyridine rings is 3. The zero-order valence-electron chi connectivity index (χ0n) is 39.1. The second kappa shape index (κ2) is 17.9. The lowest BCUT2D eigenvalue weighted by molar-refractivity contribution is -0.168. The van der Waals surface area contributed by atoms with Crippen molar-refractivity contribution < 1.29 is 28.6 Å². The molecule has 0 spiro atoms. The maximum atomic E-state index is 14.6. The van der Waals surface area contributed by atoms with Gasteiger partial charge in [-0.1, -0.05) is 54.6 Å². The van der Waals surface area contributed by atoms with Gasteiger partial charge < -0.3 is 14.2 Å². The number of para-hydroxylation sites is 3. The summed E-state index contributed by atoms with van der Waals surface area (Å²) in [5, 5.41) is 2.99. The molecule has 15 saturated heterocycles. The third-order valence-electron chi connectivity index (χ3n) is 17.9. The number of benzene rings is 3. The fraction of sp³-hybridized carbons (Fsp3) is 0.474. The van der Waals surface area contributed by atoms with E-state index in [0.717, 1.165) is 127 Å². The van der Waals surface area contributed by atoms with Crippen LogP contribution in [0.25, 0.3) is 32.7 Å². The number of aromatic nitrogens is 3. The Balaban J connectivity index is 0.867. The van der Waals surface area contributed by atoms with Crippen molar-refractivity contribution in [1.82, 2.24) is 29.7 Å². The summed E-state index contributed by atoms with van der Waals surface area (Å²) in [4.78, 5) is 65.4. The number of nitrogens with zero attached hydrogens (tertiary/aromatic N) is 6. The Kier molecular flexibility index (Phi) is 11.2. The lowest BCUT2D eigenvalue weighted by Gasteiger charge is -2.53. The van der Waals surface area contributed by atoms with Crippen LogP contribution in [0.1, 0.15) is 92.8 Å². The van der Waals surface area contributed by atoms with Gasteiger partial charge in [0, 0.05) is 90.3 Å². The van der Waals surface area contributed by atoms with Gasteiger partial charge in [-0.3, -0.25) is 44.0 Å². The molecule has 15 aliphatic heterocycles. The highest BCUT2D eigenvalue weighted by Gasteiger charge is 2.50. The van der Waals surface area contributed by atoms with E-state index in [1.54, 1.807) is 0 Å². The van der Waals surface area contributed by atoms with Gasteiger partial charge in [-0.2, -0.15) is 0 Å². The van der Waals surface area contributed by atoms with E-state index < -0.39 is 18.3 Å². The van der Waals surface area contributed by atoms with E-state index in [4.69, 9.17) is 29.2 Å². The van der Waals surface area contributed by atoms with Gasteiger partial charge in [0.25, 0.3) is 0 Å². The van der Waals surface area contributed by atoms with Crippen LogP contribution >= 0.6 is 0 Å². The molecule has 15 aliphatic rings. The minimum Gasteiger partial charge on any atom is -0.456 e. The largest absolute Gasteiger partial charge is 0.456 e. The number of piperidine rings is 9. The van der Waals surface area contributed by atoms with E-state index in [0.29, 0.717) is 19.3 Å². The van der Waals surface area contributed by atoms with Crippen LogP contribution in [0.2, 0.25) is 0 Å². The van der Waals surface area contributed by atoms with Crippen molar-refractivity contribution in [2.45, 2.75) is 94.2 Å². The van der Waals surface area contributed by atoms with Crippen LogP contribution in [-0.2, 0) is 28.6 Å². The van der Waals surface area contributed by atoms with Crippen molar-refractivity contribution in [3.05, 3.63) is 126 Å². The minimum atomic E-state index is -0.492. The Bertz CT molecular complexity index is 2620. The van der Waals surface area contributed by atoms with Gasteiger partial charge in [0.15, 0.2) is 0 Å². The number of hydrogen-bond donors (Lipinski definition) is 0. The molecule has 21 rings (SSSR count). The van der Waals surface area contributed by atoms with Crippen LogP contribution in [0.3, 0.4) is 0 Å². The summed E-state index contributed by atoms with van der Waals surface area (Å²) in [5.74, 6) is 0.705. The molecule has 15 atom stereocenters. The zero-order chi connectivity index (χ0) is 46.2. The molecular weight excluding hydrogens is 865 g/mol. The summed E-state index contributed by atoms with van der Waals surface area (Å²) in [6.07, 6.45) is 10.5. The third-order valence-corrected chi connectivity index (χ3v) is 17.9. The zero-order valence-corrected chi connectivity index (χ0v) is 39.1. The van der Waals surface area contributed by atoms with Crippen LogP contribution < -0.4 is 0 Å². The average Bonchev–Trinajstić information content (AvgIpc) is 3.39. The Morgan fingerprint density at radius 1 is 0.391 bits per heavy atom. The molecule has 12 bridgehead atoms. The molecular formula is C57H60N6O6. The topological polar surface area (TPSA) is 127 Å². The maximum absolute atomic E-state index is 14.6. The molecule has 6 aromatic rings. The second-order valence-electron chi connectivity index (χ2n) is 21.4. The van der Waals surface area contributed by atoms with Crippen LogP contribution in [-0.4, -0.2) is 105 Å². The van der Waals surface area contributed by atoms with Crippen molar-refractivity contribution in [3.63, 3.8) is 0 Å². The number of ether oxygens (including phenoxy) is 3. The maximum Gasteiger partial charge on any atom is 0.306 e. The monoisotopic (exact) mass is 924 g/mol. The van der Waals surface area contributed by atoms with E-state index in [1.165, 1.54) is 0 Å². The summed E-state index contributed by atoms with van der Waals surface area (Å²) in [7, 11) is 0. The number of rotatable bonds is 3. The number of esters is 3. The lowest BCUT2D eigenvalue weighted by atomic mass is 9.71. The van der Waals surface area contributed by atoms with E-state index in [-0.39, 0.29) is 71.5 Å². The Hall–Kier alpha value is -5.82. The summed E-state index contributed by atoms with van der Waals surface area (Å²) in [5.41, 5.74) is 5.59. The van der Waals surface area contributed by atoms with E-state index in [9.17, 15) is 14.4 Å². The highest BCUT2D eigenvalue weighted by molar-refractivity contribution is 5.85. The second-order valence-corrected chi connectivity index (χ2v) is 21.4. The molecule has 0 amide bonds. The van der Waals surface area contributed by atoms with Crippen molar-refractivity contribution >= 4 is 50.6 Å². The Morgan fingerprint density at radius 3 is 0.986 bits per heavy atom. The van der Waals surface area contributed by atoms with E-state index in [2.05, 4.69) is 32.9 Å². The van der Waals surface area contributed by atoms with E-state index >= 15 is 0 Å². The van der Waals surface area contributed by atoms with Crippen LogP contribution in [0.4, 0.5) is 0 Å². The first-order chi connectivity index (χ1) is 33.9. The smallest absolute Gasteiger partial charge is 0.306 e. The molecule has 0 N–H and O–H groups in total. The molecule has 0 radical (unpaired) electrons. The number of fused-ring (bicyclic) bond motifs is 6. The summed E-state index contributed by atoms with van der Waals surface area (Å²) in [6, 6.07) is 30.4. The van der Waals surface area contributed by atoms with Crippen molar-refractivity contribution in [3.8, 4) is 0 Å². The highest BCUT2D eigenvalue weighted by Crippen LogP contribution is 2.49. The normalized spacial score (nSPS) is 35.8. The summed E-state index contributed by atoms with van der Waals surface area (Å²) in [6.45, 7) is 4.91. The van der Waals surface area contributed by atoms with Crippen molar-refractivity contribution in [2.75, 3.05) is 39.3 Å². The Morgan fingerprint density at radius 2 is 0.696 bits per heavy atom. The SMILES string of the molecule is O=C1C[C@H]2CN3CC[C@H]2C[C@H]3[C@@H](c2ccnc3ccccc23)OC(=O)C[C@H]2CN3CC[C@H]2C[C@H]3[C@@H](c2ccnc3ccccc23)OC(=O)C[C@@H]2CN3CC[C@H]2C[C@H]3[C@@H](c2ccnc3ccccc23)O1. The van der Waals surface area contributed by atoms with Crippen molar-refractivity contribution in [2.24, 2.45) is 35.5 Å². The average molecular weight is 925 g/mol. The van der Waals surface area contributed by atoms with Gasteiger partial charge in [-0.15, -0.1) is 0 Å². The number of carbonyl (C=O) groups is 3. The third kappa shape index (κ3) is 7.96. The first kappa shape index (κ1) is 43.2.